The molecule has 0 unspecified atom stereocenters. The number of likely N-dealkylation sites (N-methyl/N-ethyl adjacent to an activating group) is 1. The number of anilines is 1. The van der Waals surface area contributed by atoms with Crippen molar-refractivity contribution >= 4 is 22.2 Å². The van der Waals surface area contributed by atoms with Crippen molar-refractivity contribution in [2.45, 2.75) is 52.1 Å². The van der Waals surface area contributed by atoms with Crippen LogP contribution in [0.1, 0.15) is 49.6 Å². The first kappa shape index (κ1) is 17.9. The van der Waals surface area contributed by atoms with Crippen molar-refractivity contribution in [1.82, 2.24) is 4.90 Å². The molecule has 1 heterocycles. The molecule has 1 aromatic heterocycles. The summed E-state index contributed by atoms with van der Waals surface area (Å²) in [5, 5.41) is 22.8. The molecular weight excluding hydrogens is 310 g/mol. The zero-order chi connectivity index (χ0) is 17.0. The van der Waals surface area contributed by atoms with Crippen LogP contribution in [-0.2, 0) is 17.6 Å². The minimum atomic E-state index is -0.769. The Morgan fingerprint density at radius 1 is 1.48 bits per heavy atom. The maximum absolute atomic E-state index is 12.2. The fourth-order valence-electron chi connectivity index (χ4n) is 2.96. The molecular formula is C17H25N3O2S. The Bertz CT molecular complexity index is 611. The first-order valence-electron chi connectivity index (χ1n) is 8.13. The minimum absolute atomic E-state index is 0.0735. The predicted octanol–water partition coefficient (Wildman–Crippen LogP) is 2.53. The number of hydrogen-bond donors (Lipinski definition) is 2. The third-order valence-corrected chi connectivity index (χ3v) is 5.21. The van der Waals surface area contributed by atoms with Gasteiger partial charge < -0.3 is 15.3 Å². The van der Waals surface area contributed by atoms with E-state index >= 15 is 0 Å². The van der Waals surface area contributed by atoms with Gasteiger partial charge in [-0.05, 0) is 45.2 Å². The van der Waals surface area contributed by atoms with E-state index in [0.29, 0.717) is 30.1 Å². The van der Waals surface area contributed by atoms with Gasteiger partial charge in [0, 0.05) is 24.4 Å². The average Bonchev–Trinajstić information content (AvgIpc) is 3.02. The number of rotatable bonds is 7. The van der Waals surface area contributed by atoms with E-state index in [-0.39, 0.29) is 5.91 Å². The Balaban J connectivity index is 1.92. The van der Waals surface area contributed by atoms with E-state index in [0.717, 1.165) is 31.4 Å². The van der Waals surface area contributed by atoms with Crippen LogP contribution in [0.5, 0.6) is 0 Å². The van der Waals surface area contributed by atoms with E-state index in [4.69, 9.17) is 0 Å². The molecule has 1 aromatic rings. The van der Waals surface area contributed by atoms with Gasteiger partial charge in [0.15, 0.2) is 0 Å². The minimum Gasteiger partial charge on any atom is -0.389 e. The lowest BCUT2D eigenvalue weighted by Gasteiger charge is -2.27. The van der Waals surface area contributed by atoms with Crippen molar-refractivity contribution in [3.05, 3.63) is 16.0 Å². The SMILES string of the molecule is CCN(CCC(=O)Nc1sc2c(c1C#N)CCC2)CC(C)(C)O. The highest BCUT2D eigenvalue weighted by Gasteiger charge is 2.23. The number of carbonyl (C=O) groups is 1. The lowest BCUT2D eigenvalue weighted by molar-refractivity contribution is -0.116. The van der Waals surface area contributed by atoms with Crippen molar-refractivity contribution in [3.63, 3.8) is 0 Å². The molecule has 0 aromatic carbocycles. The molecule has 23 heavy (non-hydrogen) atoms. The van der Waals surface area contributed by atoms with E-state index in [9.17, 15) is 15.2 Å². The molecule has 2 rings (SSSR count). The highest BCUT2D eigenvalue weighted by Crippen LogP contribution is 2.38. The van der Waals surface area contributed by atoms with Crippen LogP contribution in [-0.4, -0.2) is 41.1 Å². The van der Waals surface area contributed by atoms with Crippen LogP contribution in [0.3, 0.4) is 0 Å². The molecule has 0 fully saturated rings. The Hall–Kier alpha value is -1.42. The van der Waals surface area contributed by atoms with Gasteiger partial charge in [0.25, 0.3) is 0 Å². The van der Waals surface area contributed by atoms with E-state index in [1.807, 2.05) is 6.92 Å². The summed E-state index contributed by atoms with van der Waals surface area (Å²) in [6.45, 7) is 7.46. The molecule has 0 aliphatic heterocycles. The zero-order valence-electron chi connectivity index (χ0n) is 14.1. The Morgan fingerprint density at radius 2 is 2.22 bits per heavy atom. The predicted molar refractivity (Wildman–Crippen MR) is 92.7 cm³/mol. The smallest absolute Gasteiger partial charge is 0.226 e. The van der Waals surface area contributed by atoms with Crippen LogP contribution in [0, 0.1) is 11.3 Å². The van der Waals surface area contributed by atoms with Crippen molar-refractivity contribution < 1.29 is 9.90 Å². The van der Waals surface area contributed by atoms with Gasteiger partial charge in [-0.15, -0.1) is 11.3 Å². The van der Waals surface area contributed by atoms with Crippen LogP contribution in [0.2, 0.25) is 0 Å². The second-order valence-electron chi connectivity index (χ2n) is 6.65. The van der Waals surface area contributed by atoms with Crippen LogP contribution in [0.15, 0.2) is 0 Å². The Kier molecular flexibility index (Phi) is 5.79. The Morgan fingerprint density at radius 3 is 2.83 bits per heavy atom. The molecule has 0 saturated heterocycles. The number of nitriles is 1. The zero-order valence-corrected chi connectivity index (χ0v) is 14.9. The fourth-order valence-corrected chi connectivity index (χ4v) is 4.21. The van der Waals surface area contributed by atoms with Crippen molar-refractivity contribution in [2.75, 3.05) is 25.0 Å². The molecule has 0 bridgehead atoms. The summed E-state index contributed by atoms with van der Waals surface area (Å²) in [6, 6.07) is 2.24. The highest BCUT2D eigenvalue weighted by atomic mass is 32.1. The van der Waals surface area contributed by atoms with Crippen LogP contribution in [0.4, 0.5) is 5.00 Å². The lowest BCUT2D eigenvalue weighted by Crippen LogP contribution is -2.39. The molecule has 0 radical (unpaired) electrons. The van der Waals surface area contributed by atoms with Crippen molar-refractivity contribution in [2.24, 2.45) is 0 Å². The summed E-state index contributed by atoms with van der Waals surface area (Å²) >= 11 is 1.54. The molecule has 1 aliphatic rings. The van der Waals surface area contributed by atoms with Crippen LogP contribution < -0.4 is 5.32 Å². The number of fused-ring (bicyclic) bond motifs is 1. The quantitative estimate of drug-likeness (QED) is 0.803. The molecule has 0 saturated carbocycles. The summed E-state index contributed by atoms with van der Waals surface area (Å²) in [5.41, 5.74) is 1.01. The summed E-state index contributed by atoms with van der Waals surface area (Å²) in [6.07, 6.45) is 3.42. The van der Waals surface area contributed by atoms with Gasteiger partial charge in [-0.1, -0.05) is 6.92 Å². The van der Waals surface area contributed by atoms with Gasteiger partial charge in [-0.25, -0.2) is 0 Å². The van der Waals surface area contributed by atoms with Gasteiger partial charge in [0.05, 0.1) is 11.2 Å². The first-order chi connectivity index (χ1) is 10.8. The first-order valence-corrected chi connectivity index (χ1v) is 8.95. The number of aliphatic hydroxyl groups is 1. The molecule has 1 aliphatic carbocycles. The second-order valence-corrected chi connectivity index (χ2v) is 7.76. The number of aryl methyl sites for hydroxylation is 1. The van der Waals surface area contributed by atoms with Gasteiger partial charge in [-0.3, -0.25) is 4.79 Å². The molecule has 126 valence electrons. The van der Waals surface area contributed by atoms with Crippen LogP contribution in [0.25, 0.3) is 0 Å². The summed E-state index contributed by atoms with van der Waals surface area (Å²) < 4.78 is 0. The van der Waals surface area contributed by atoms with E-state index < -0.39 is 5.60 Å². The number of hydrogen-bond acceptors (Lipinski definition) is 5. The second kappa shape index (κ2) is 7.43. The highest BCUT2D eigenvalue weighted by molar-refractivity contribution is 7.16. The molecule has 5 nitrogen and oxygen atoms in total. The Labute approximate surface area is 141 Å². The number of nitrogens with zero attached hydrogens (tertiary/aromatic N) is 2. The summed E-state index contributed by atoms with van der Waals surface area (Å²) in [4.78, 5) is 15.5. The average molecular weight is 335 g/mol. The monoisotopic (exact) mass is 335 g/mol. The number of carbonyl (C=O) groups excluding carboxylic acids is 1. The van der Waals surface area contributed by atoms with E-state index in [1.54, 1.807) is 25.2 Å². The van der Waals surface area contributed by atoms with Crippen molar-refractivity contribution in [3.8, 4) is 6.07 Å². The topological polar surface area (TPSA) is 76.4 Å². The van der Waals surface area contributed by atoms with E-state index in [2.05, 4.69) is 16.3 Å². The van der Waals surface area contributed by atoms with Crippen molar-refractivity contribution in [1.29, 1.82) is 5.26 Å². The van der Waals surface area contributed by atoms with Gasteiger partial charge in [-0.2, -0.15) is 5.26 Å². The molecule has 0 atom stereocenters. The molecule has 0 spiro atoms. The largest absolute Gasteiger partial charge is 0.389 e. The normalized spacial score (nSPS) is 13.9. The fraction of sp³-hybridized carbons (Fsp3) is 0.647. The maximum Gasteiger partial charge on any atom is 0.226 e. The van der Waals surface area contributed by atoms with Crippen LogP contribution >= 0.6 is 11.3 Å². The van der Waals surface area contributed by atoms with Gasteiger partial charge in [0.2, 0.25) is 5.91 Å². The van der Waals surface area contributed by atoms with Gasteiger partial charge >= 0.3 is 0 Å². The molecule has 1 amide bonds. The van der Waals surface area contributed by atoms with Gasteiger partial charge in [0.1, 0.15) is 11.1 Å². The summed E-state index contributed by atoms with van der Waals surface area (Å²) in [5.74, 6) is -0.0735. The third-order valence-electron chi connectivity index (χ3n) is 4.00. The lowest BCUT2D eigenvalue weighted by atomic mass is 10.1. The molecule has 2 N–H and O–H groups in total. The third kappa shape index (κ3) is 4.77. The maximum atomic E-state index is 12.2. The van der Waals surface area contributed by atoms with E-state index in [1.165, 1.54) is 4.88 Å². The molecule has 6 heteroatoms. The standard InChI is InChI=1S/C17H25N3O2S/c1-4-20(11-17(2,3)22)9-8-15(21)19-16-13(10-18)12-6-5-7-14(12)23-16/h22H,4-9,11H2,1-3H3,(H,19,21). The number of thiophene rings is 1. The number of amides is 1. The number of nitrogens with one attached hydrogen (secondary N) is 1. The summed E-state index contributed by atoms with van der Waals surface area (Å²) in [7, 11) is 0.